The van der Waals surface area contributed by atoms with Gasteiger partial charge in [-0.15, -0.1) is 0 Å². The standard InChI is InChI=1S/C31H28Cl2O2Si/c1-34-19-35-28-16-14-21-10-6-8-12-24(21)30(28)29-23-11-7-5-9-20(23)13-15-25(29)22-17-26(32)31(27(33)18-22)36(2,3)4/h5-18H,19H2,1-4H3. The first-order valence-electron chi connectivity index (χ1n) is 11.9. The fourth-order valence-electron chi connectivity index (χ4n) is 4.98. The van der Waals surface area contributed by atoms with Crippen molar-refractivity contribution >= 4 is 58.0 Å². The molecular weight excluding hydrogens is 503 g/mol. The van der Waals surface area contributed by atoms with Crippen molar-refractivity contribution in [3.8, 4) is 28.0 Å². The van der Waals surface area contributed by atoms with E-state index in [-0.39, 0.29) is 6.79 Å². The van der Waals surface area contributed by atoms with Gasteiger partial charge in [-0.3, -0.25) is 0 Å². The molecule has 0 aliphatic carbocycles. The van der Waals surface area contributed by atoms with Crippen LogP contribution < -0.4 is 9.92 Å². The van der Waals surface area contributed by atoms with E-state index in [1.165, 1.54) is 0 Å². The molecule has 0 N–H and O–H groups in total. The second kappa shape index (κ2) is 9.91. The van der Waals surface area contributed by atoms with Crippen molar-refractivity contribution in [2.45, 2.75) is 19.6 Å². The van der Waals surface area contributed by atoms with E-state index in [0.29, 0.717) is 0 Å². The molecule has 0 aromatic heterocycles. The highest BCUT2D eigenvalue weighted by atomic mass is 35.5. The molecule has 0 heterocycles. The predicted molar refractivity (Wildman–Crippen MR) is 158 cm³/mol. The van der Waals surface area contributed by atoms with E-state index in [9.17, 15) is 0 Å². The molecule has 36 heavy (non-hydrogen) atoms. The molecule has 0 unspecified atom stereocenters. The second-order valence-electron chi connectivity index (χ2n) is 9.98. The third-order valence-corrected chi connectivity index (χ3v) is 9.46. The summed E-state index contributed by atoms with van der Waals surface area (Å²) in [5, 5.41) is 7.08. The molecule has 0 bridgehead atoms. The van der Waals surface area contributed by atoms with Crippen LogP contribution in [0.15, 0.2) is 84.9 Å². The minimum Gasteiger partial charge on any atom is -0.467 e. The Morgan fingerprint density at radius 3 is 1.83 bits per heavy atom. The van der Waals surface area contributed by atoms with Crippen LogP contribution in [0.3, 0.4) is 0 Å². The molecule has 5 aromatic carbocycles. The molecule has 0 radical (unpaired) electrons. The Balaban J connectivity index is 1.89. The van der Waals surface area contributed by atoms with Gasteiger partial charge in [0.2, 0.25) is 0 Å². The summed E-state index contributed by atoms with van der Waals surface area (Å²) in [7, 11) is -0.0924. The van der Waals surface area contributed by atoms with E-state index in [1.807, 2.05) is 6.07 Å². The van der Waals surface area contributed by atoms with Gasteiger partial charge in [-0.2, -0.15) is 0 Å². The topological polar surface area (TPSA) is 18.5 Å². The third-order valence-electron chi connectivity index (χ3n) is 6.51. The van der Waals surface area contributed by atoms with Gasteiger partial charge in [0.15, 0.2) is 6.79 Å². The lowest BCUT2D eigenvalue weighted by molar-refractivity contribution is 0.0516. The Hall–Kier alpha value is -2.82. The van der Waals surface area contributed by atoms with Gasteiger partial charge in [0.25, 0.3) is 0 Å². The number of hydrogen-bond donors (Lipinski definition) is 0. The average molecular weight is 532 g/mol. The zero-order valence-electron chi connectivity index (χ0n) is 20.9. The van der Waals surface area contributed by atoms with Gasteiger partial charge in [-0.1, -0.05) is 110 Å². The van der Waals surface area contributed by atoms with Crippen molar-refractivity contribution in [2.24, 2.45) is 0 Å². The molecule has 182 valence electrons. The number of halogens is 2. The molecule has 5 aromatic rings. The minimum absolute atomic E-state index is 0.161. The van der Waals surface area contributed by atoms with Crippen LogP contribution in [0.5, 0.6) is 5.75 Å². The summed E-state index contributed by atoms with van der Waals surface area (Å²) in [4.78, 5) is 0. The summed E-state index contributed by atoms with van der Waals surface area (Å²) in [6.07, 6.45) is 0. The Labute approximate surface area is 223 Å². The lowest BCUT2D eigenvalue weighted by atomic mass is 9.87. The van der Waals surface area contributed by atoms with Crippen molar-refractivity contribution in [3.05, 3.63) is 95.0 Å². The average Bonchev–Trinajstić information content (AvgIpc) is 2.85. The van der Waals surface area contributed by atoms with Crippen LogP contribution in [-0.4, -0.2) is 22.0 Å². The first-order chi connectivity index (χ1) is 17.3. The van der Waals surface area contributed by atoms with Gasteiger partial charge < -0.3 is 9.47 Å². The number of rotatable bonds is 6. The van der Waals surface area contributed by atoms with Gasteiger partial charge in [0.1, 0.15) is 5.75 Å². The first-order valence-corrected chi connectivity index (χ1v) is 16.2. The quantitative estimate of drug-likeness (QED) is 0.161. The molecule has 0 spiro atoms. The number of fused-ring (bicyclic) bond motifs is 2. The van der Waals surface area contributed by atoms with E-state index in [1.54, 1.807) is 7.11 Å². The van der Waals surface area contributed by atoms with Crippen LogP contribution in [0.1, 0.15) is 0 Å². The summed E-state index contributed by atoms with van der Waals surface area (Å²) < 4.78 is 11.4. The van der Waals surface area contributed by atoms with Crippen LogP contribution >= 0.6 is 23.2 Å². The normalized spacial score (nSPS) is 11.8. The molecule has 0 atom stereocenters. The number of ether oxygens (including phenoxy) is 2. The molecule has 0 aliphatic rings. The Kier molecular flexibility index (Phi) is 6.84. The van der Waals surface area contributed by atoms with E-state index in [4.69, 9.17) is 32.7 Å². The largest absolute Gasteiger partial charge is 0.467 e. The lowest BCUT2D eigenvalue weighted by Crippen LogP contribution is -2.39. The van der Waals surface area contributed by atoms with Crippen LogP contribution in [0.2, 0.25) is 29.7 Å². The van der Waals surface area contributed by atoms with Crippen LogP contribution in [-0.2, 0) is 4.74 Å². The van der Waals surface area contributed by atoms with Gasteiger partial charge in [0, 0.05) is 28.3 Å². The molecule has 2 nitrogen and oxygen atoms in total. The number of hydrogen-bond acceptors (Lipinski definition) is 2. The molecule has 0 fully saturated rings. The van der Waals surface area contributed by atoms with E-state index >= 15 is 0 Å². The minimum atomic E-state index is -1.73. The highest BCUT2D eigenvalue weighted by Crippen LogP contribution is 2.46. The van der Waals surface area contributed by atoms with E-state index < -0.39 is 8.07 Å². The zero-order chi connectivity index (χ0) is 25.4. The van der Waals surface area contributed by atoms with Gasteiger partial charge >= 0.3 is 0 Å². The van der Waals surface area contributed by atoms with Gasteiger partial charge in [0.05, 0.1) is 8.07 Å². The second-order valence-corrected chi connectivity index (χ2v) is 15.8. The summed E-state index contributed by atoms with van der Waals surface area (Å²) >= 11 is 13.8. The highest BCUT2D eigenvalue weighted by molar-refractivity contribution is 6.91. The molecule has 0 saturated carbocycles. The zero-order valence-corrected chi connectivity index (χ0v) is 23.4. The number of benzene rings is 5. The molecule has 5 heteroatoms. The Morgan fingerprint density at radius 2 is 1.25 bits per heavy atom. The summed E-state index contributed by atoms with van der Waals surface area (Å²) in [5.41, 5.74) is 4.15. The van der Waals surface area contributed by atoms with Crippen LogP contribution in [0.25, 0.3) is 43.8 Å². The van der Waals surface area contributed by atoms with Crippen molar-refractivity contribution < 1.29 is 9.47 Å². The number of methoxy groups -OCH3 is 1. The maximum Gasteiger partial charge on any atom is 0.188 e. The van der Waals surface area contributed by atoms with Gasteiger partial charge in [-0.25, -0.2) is 0 Å². The van der Waals surface area contributed by atoms with Crippen LogP contribution in [0, 0.1) is 0 Å². The van der Waals surface area contributed by atoms with E-state index in [2.05, 4.69) is 98.5 Å². The molecule has 0 amide bonds. The summed E-state index contributed by atoms with van der Waals surface area (Å²) in [6, 6.07) is 29.4. The monoisotopic (exact) mass is 530 g/mol. The third kappa shape index (κ3) is 4.53. The van der Waals surface area contributed by atoms with Gasteiger partial charge in [-0.05, 0) is 56.1 Å². The first kappa shape index (κ1) is 24.9. The van der Waals surface area contributed by atoms with Crippen molar-refractivity contribution in [1.82, 2.24) is 0 Å². The maximum absolute atomic E-state index is 6.89. The van der Waals surface area contributed by atoms with Crippen LogP contribution in [0.4, 0.5) is 0 Å². The molecule has 0 aliphatic heterocycles. The summed E-state index contributed by atoms with van der Waals surface area (Å²) in [6.45, 7) is 6.94. The maximum atomic E-state index is 6.89. The van der Waals surface area contributed by atoms with E-state index in [0.717, 1.165) is 64.8 Å². The fourth-order valence-corrected chi connectivity index (χ4v) is 8.74. The fraction of sp³-hybridized carbons (Fsp3) is 0.161. The Bertz CT molecular complexity index is 1560. The molecule has 5 rings (SSSR count). The van der Waals surface area contributed by atoms with Crippen molar-refractivity contribution in [3.63, 3.8) is 0 Å². The predicted octanol–water partition coefficient (Wildman–Crippen LogP) is 9.16. The molecular formula is C31H28Cl2O2Si. The highest BCUT2D eigenvalue weighted by Gasteiger charge is 2.25. The lowest BCUT2D eigenvalue weighted by Gasteiger charge is -2.23. The SMILES string of the molecule is COCOc1ccc2ccccc2c1-c1c(-c2cc(Cl)c([Si](C)(C)C)c(Cl)c2)ccc2ccccc12. The summed E-state index contributed by atoms with van der Waals surface area (Å²) in [5.74, 6) is 0.768. The van der Waals surface area contributed by atoms with Crippen molar-refractivity contribution in [1.29, 1.82) is 0 Å². The molecule has 0 saturated heterocycles. The van der Waals surface area contributed by atoms with Crippen molar-refractivity contribution in [2.75, 3.05) is 13.9 Å². The smallest absolute Gasteiger partial charge is 0.188 e. The Morgan fingerprint density at radius 1 is 0.694 bits per heavy atom.